The molecule has 6 atom stereocenters. The van der Waals surface area contributed by atoms with E-state index in [1.165, 1.54) is 5.57 Å². The molecule has 1 saturated heterocycles. The summed E-state index contributed by atoms with van der Waals surface area (Å²) in [5.41, 5.74) is -0.446. The molecule has 0 spiro atoms. The van der Waals surface area contributed by atoms with Gasteiger partial charge in [-0.05, 0) is 66.7 Å². The number of nitrogens with one attached hydrogen (secondary N) is 1. The number of hydrogen-bond donors (Lipinski definition) is 3. The molecule has 3 rings (SSSR count). The molecular formula is C22H38N2O3. The van der Waals surface area contributed by atoms with E-state index in [1.54, 1.807) is 0 Å². The fourth-order valence-electron chi connectivity index (χ4n) is 6.14. The van der Waals surface area contributed by atoms with Crippen LogP contribution in [0.3, 0.4) is 0 Å². The highest BCUT2D eigenvalue weighted by atomic mass is 16.5. The van der Waals surface area contributed by atoms with Crippen LogP contribution in [-0.2, 0) is 9.53 Å². The van der Waals surface area contributed by atoms with Gasteiger partial charge in [-0.15, -0.1) is 0 Å². The third-order valence-electron chi connectivity index (χ3n) is 7.94. The number of hydrogen-bond acceptors (Lipinski definition) is 3. The van der Waals surface area contributed by atoms with Crippen LogP contribution in [0.5, 0.6) is 0 Å². The van der Waals surface area contributed by atoms with E-state index in [9.17, 15) is 9.90 Å². The van der Waals surface area contributed by atoms with Gasteiger partial charge in [0.05, 0.1) is 28.4 Å². The molecule has 0 radical (unpaired) electrons. The van der Waals surface area contributed by atoms with Gasteiger partial charge in [0, 0.05) is 18.3 Å². The van der Waals surface area contributed by atoms with Gasteiger partial charge in [-0.1, -0.05) is 11.6 Å². The largest absolute Gasteiger partial charge is 0.474 e. The summed E-state index contributed by atoms with van der Waals surface area (Å²) in [5, 5.41) is 17.0. The Morgan fingerprint density at radius 1 is 1.30 bits per heavy atom. The first kappa shape index (κ1) is 20.8. The predicted octanol–water partition coefficient (Wildman–Crippen LogP) is 2.06. The lowest BCUT2D eigenvalue weighted by Crippen LogP contribution is -2.95. The second-order valence-electron chi connectivity index (χ2n) is 10.2. The van der Waals surface area contributed by atoms with Gasteiger partial charge in [-0.2, -0.15) is 7.05 Å². The maximum absolute atomic E-state index is 12.0. The monoisotopic (exact) mass is 378 g/mol. The van der Waals surface area contributed by atoms with Gasteiger partial charge in [-0.25, -0.2) is 0 Å². The lowest BCUT2D eigenvalue weighted by atomic mass is 9.53. The first-order chi connectivity index (χ1) is 12.5. The summed E-state index contributed by atoms with van der Waals surface area (Å²) in [7, 11) is 4.10. The summed E-state index contributed by atoms with van der Waals surface area (Å²) in [5.74, 6) is 0.223. The van der Waals surface area contributed by atoms with E-state index in [2.05, 4.69) is 44.5 Å². The van der Waals surface area contributed by atoms with Crippen molar-refractivity contribution in [2.45, 2.75) is 102 Å². The normalized spacial score (nSPS) is 45.1. The lowest BCUT2D eigenvalue weighted by molar-refractivity contribution is -0.689. The van der Waals surface area contributed by atoms with Crippen molar-refractivity contribution in [2.75, 3.05) is 0 Å². The van der Waals surface area contributed by atoms with E-state index in [0.717, 1.165) is 44.9 Å². The Morgan fingerprint density at radius 2 is 2.00 bits per heavy atom. The van der Waals surface area contributed by atoms with Crippen LogP contribution in [0.25, 0.3) is 0 Å². The minimum absolute atomic E-state index is 0.0452. The highest BCUT2D eigenvalue weighted by Gasteiger charge is 2.62. The average molecular weight is 379 g/mol. The highest BCUT2D eigenvalue weighted by Crippen LogP contribution is 2.55. The molecule has 0 bridgehead atoms. The maximum atomic E-state index is 12.0. The number of fused-ring (bicyclic) bond motifs is 1. The molecule has 2 aliphatic carbocycles. The minimum atomic E-state index is -0.866. The van der Waals surface area contributed by atoms with Crippen molar-refractivity contribution in [2.24, 2.45) is 11.8 Å². The summed E-state index contributed by atoms with van der Waals surface area (Å²) in [6, 6.07) is 0. The van der Waals surface area contributed by atoms with Gasteiger partial charge in [0.25, 0.3) is 0 Å². The summed E-state index contributed by atoms with van der Waals surface area (Å²) < 4.78 is 6.62. The summed E-state index contributed by atoms with van der Waals surface area (Å²) in [6.45, 7) is 10.6. The molecule has 1 heterocycles. The number of amides is 1. The third-order valence-corrected chi connectivity index (χ3v) is 7.94. The van der Waals surface area contributed by atoms with E-state index in [0.29, 0.717) is 0 Å². The fraction of sp³-hybridized carbons (Fsp3) is 0.818. The van der Waals surface area contributed by atoms with Crippen LogP contribution >= 0.6 is 0 Å². The Morgan fingerprint density at radius 3 is 2.63 bits per heavy atom. The Hall–Kier alpha value is -0.910. The molecule has 154 valence electrons. The first-order valence-corrected chi connectivity index (χ1v) is 10.4. The number of ether oxygens (including phenoxy) is 1. The third kappa shape index (κ3) is 3.36. The second-order valence-corrected chi connectivity index (χ2v) is 10.2. The van der Waals surface area contributed by atoms with Crippen LogP contribution < -0.4 is 10.6 Å². The average Bonchev–Trinajstić information content (AvgIpc) is 2.98. The molecule has 5 nitrogen and oxygen atoms in total. The second kappa shape index (κ2) is 6.85. The van der Waals surface area contributed by atoms with Crippen LogP contribution in [0, 0.1) is 18.9 Å². The van der Waals surface area contributed by atoms with E-state index in [1.807, 2.05) is 13.8 Å². The van der Waals surface area contributed by atoms with Crippen molar-refractivity contribution in [3.05, 3.63) is 18.7 Å². The van der Waals surface area contributed by atoms with Crippen molar-refractivity contribution in [1.82, 2.24) is 5.32 Å². The van der Waals surface area contributed by atoms with Crippen LogP contribution in [0.1, 0.15) is 73.1 Å². The zero-order valence-corrected chi connectivity index (χ0v) is 17.7. The number of carbonyl (C=O) groups excluding carboxylic acids is 1. The molecule has 2 fully saturated rings. The standard InChI is InChI=1S/C22H38N2O3/c1-15-7-8-16-20(4,23-6)11-9-17(22(16,26)13-15)21(5)12-10-18(27-21)19(2,3)24-14-25/h13-14,16-18,26H,6-12,23H2,1-5H3,(H,24,25)/t16-,17+,18-,20-,21+,22+/m1/s1. The molecule has 3 aliphatic rings. The molecule has 5 heteroatoms. The Balaban J connectivity index is 1.92. The van der Waals surface area contributed by atoms with Gasteiger partial charge in [0.15, 0.2) is 0 Å². The van der Waals surface area contributed by atoms with Crippen molar-refractivity contribution in [1.29, 1.82) is 0 Å². The molecule has 1 amide bonds. The number of aliphatic hydroxyl groups is 1. The van der Waals surface area contributed by atoms with E-state index >= 15 is 0 Å². The van der Waals surface area contributed by atoms with Crippen LogP contribution in [0.15, 0.2) is 11.6 Å². The van der Waals surface area contributed by atoms with Crippen LogP contribution in [-0.4, -0.2) is 39.9 Å². The van der Waals surface area contributed by atoms with Crippen LogP contribution in [0.2, 0.25) is 0 Å². The Kier molecular flexibility index (Phi) is 5.28. The molecule has 0 aromatic rings. The van der Waals surface area contributed by atoms with Gasteiger partial charge in [0.2, 0.25) is 6.41 Å². The van der Waals surface area contributed by atoms with Crippen LogP contribution in [0.4, 0.5) is 0 Å². The molecular weight excluding hydrogens is 340 g/mol. The lowest BCUT2D eigenvalue weighted by Gasteiger charge is -2.58. The first-order valence-electron chi connectivity index (χ1n) is 10.4. The number of carbonyl (C=O) groups is 1. The number of allylic oxidation sites excluding steroid dienone is 1. The molecule has 0 unspecified atom stereocenters. The van der Waals surface area contributed by atoms with Crippen molar-refractivity contribution in [3.8, 4) is 0 Å². The SMILES string of the molecule is [CH2-][NH2+][C@]1(C)CC[C@@H]([C@]2(C)CC[C@H](C(C)(C)NC=O)O2)[C@]2(O)C=C(C)CC[C@@H]21. The summed E-state index contributed by atoms with van der Waals surface area (Å²) >= 11 is 0. The minimum Gasteiger partial charge on any atom is -0.474 e. The molecule has 1 aliphatic heterocycles. The summed E-state index contributed by atoms with van der Waals surface area (Å²) in [4.78, 5) is 11.0. The fourth-order valence-corrected chi connectivity index (χ4v) is 6.14. The Labute approximate surface area is 164 Å². The van der Waals surface area contributed by atoms with Crippen molar-refractivity contribution >= 4 is 6.41 Å². The summed E-state index contributed by atoms with van der Waals surface area (Å²) in [6.07, 6.45) is 8.62. The molecule has 0 aromatic heterocycles. The smallest absolute Gasteiger partial charge is 0.207 e. The van der Waals surface area contributed by atoms with Crippen molar-refractivity contribution < 1.29 is 20.0 Å². The molecule has 27 heavy (non-hydrogen) atoms. The predicted molar refractivity (Wildman–Crippen MR) is 106 cm³/mol. The number of rotatable bonds is 5. The molecule has 4 N–H and O–H groups in total. The Bertz CT molecular complexity index is 619. The molecule has 1 saturated carbocycles. The topological polar surface area (TPSA) is 75.2 Å². The van der Waals surface area contributed by atoms with E-state index in [4.69, 9.17) is 4.74 Å². The quantitative estimate of drug-likeness (QED) is 0.389. The van der Waals surface area contributed by atoms with Gasteiger partial charge < -0.3 is 20.5 Å². The molecule has 0 aromatic carbocycles. The zero-order chi connectivity index (χ0) is 20.1. The number of nitrogens with two attached hydrogens (primary N) is 1. The van der Waals surface area contributed by atoms with E-state index < -0.39 is 16.7 Å². The van der Waals surface area contributed by atoms with Gasteiger partial charge in [-0.3, -0.25) is 4.79 Å². The van der Waals surface area contributed by atoms with Gasteiger partial charge >= 0.3 is 0 Å². The highest BCUT2D eigenvalue weighted by molar-refractivity contribution is 5.48. The number of quaternary nitrogens is 1. The van der Waals surface area contributed by atoms with E-state index in [-0.39, 0.29) is 23.5 Å². The zero-order valence-electron chi connectivity index (χ0n) is 17.7. The maximum Gasteiger partial charge on any atom is 0.207 e. The van der Waals surface area contributed by atoms with Gasteiger partial charge in [0.1, 0.15) is 0 Å². The van der Waals surface area contributed by atoms with Crippen molar-refractivity contribution in [3.63, 3.8) is 0 Å².